The van der Waals surface area contributed by atoms with E-state index >= 15 is 0 Å². The number of aromatic nitrogens is 1. The van der Waals surface area contributed by atoms with Crippen LogP contribution in [-0.2, 0) is 0 Å². The quantitative estimate of drug-likeness (QED) is 0.774. The topological polar surface area (TPSA) is 42.1 Å². The molecule has 2 rings (SSSR count). The molecular weight excluding hydrogens is 174 g/mol. The molecule has 1 saturated heterocycles. The number of hydrogen-bond donors (Lipinski definition) is 1. The van der Waals surface area contributed by atoms with Gasteiger partial charge in [0, 0.05) is 19.0 Å². The largest absolute Gasteiger partial charge is 0.356 e. The van der Waals surface area contributed by atoms with Crippen LogP contribution in [0, 0.1) is 5.92 Å². The average molecular weight is 189 g/mol. The molecule has 0 amide bonds. The third-order valence-corrected chi connectivity index (χ3v) is 2.58. The minimum absolute atomic E-state index is 0.643. The Bertz CT molecular complexity index is 329. The number of nitrogens with two attached hydrogens (primary N) is 1. The van der Waals surface area contributed by atoms with Crippen LogP contribution in [0.4, 0.5) is 5.82 Å². The predicted molar refractivity (Wildman–Crippen MR) is 59.1 cm³/mol. The maximum atomic E-state index is 5.57. The van der Waals surface area contributed by atoms with Gasteiger partial charge in [0.05, 0.1) is 5.69 Å². The van der Waals surface area contributed by atoms with Crippen molar-refractivity contribution in [3.05, 3.63) is 30.5 Å². The lowest BCUT2D eigenvalue weighted by Gasteiger charge is -2.39. The first-order chi connectivity index (χ1) is 6.83. The van der Waals surface area contributed by atoms with Crippen LogP contribution in [0.3, 0.4) is 0 Å². The summed E-state index contributed by atoms with van der Waals surface area (Å²) < 4.78 is 0. The van der Waals surface area contributed by atoms with Crippen molar-refractivity contribution in [1.29, 1.82) is 0 Å². The van der Waals surface area contributed by atoms with Gasteiger partial charge >= 0.3 is 0 Å². The molecule has 1 aromatic rings. The molecule has 0 aromatic carbocycles. The van der Waals surface area contributed by atoms with Crippen LogP contribution in [0.2, 0.25) is 0 Å². The van der Waals surface area contributed by atoms with Gasteiger partial charge in [-0.05, 0) is 24.8 Å². The molecule has 1 aliphatic heterocycles. The van der Waals surface area contributed by atoms with Gasteiger partial charge in [0.25, 0.3) is 0 Å². The monoisotopic (exact) mass is 189 g/mol. The number of pyridine rings is 1. The highest BCUT2D eigenvalue weighted by Crippen LogP contribution is 2.22. The molecule has 1 aliphatic rings. The van der Waals surface area contributed by atoms with Gasteiger partial charge in [0.1, 0.15) is 5.82 Å². The van der Waals surface area contributed by atoms with Crippen molar-refractivity contribution in [1.82, 2.24) is 4.98 Å². The van der Waals surface area contributed by atoms with Gasteiger partial charge in [-0.25, -0.2) is 4.98 Å². The molecule has 1 fully saturated rings. The second-order valence-electron chi connectivity index (χ2n) is 3.63. The van der Waals surface area contributed by atoms with Crippen molar-refractivity contribution >= 4 is 11.9 Å². The van der Waals surface area contributed by atoms with E-state index in [4.69, 9.17) is 5.73 Å². The molecule has 14 heavy (non-hydrogen) atoms. The summed E-state index contributed by atoms with van der Waals surface area (Å²) in [5.74, 6) is 1.68. The first-order valence-corrected chi connectivity index (χ1v) is 4.88. The number of hydrogen-bond acceptors (Lipinski definition) is 3. The van der Waals surface area contributed by atoms with Crippen molar-refractivity contribution in [2.75, 3.05) is 24.5 Å². The molecule has 0 unspecified atom stereocenters. The van der Waals surface area contributed by atoms with Gasteiger partial charge in [-0.3, -0.25) is 0 Å². The van der Waals surface area contributed by atoms with E-state index in [0.29, 0.717) is 5.92 Å². The maximum Gasteiger partial charge on any atom is 0.129 e. The third kappa shape index (κ3) is 1.63. The molecule has 0 bridgehead atoms. The summed E-state index contributed by atoms with van der Waals surface area (Å²) >= 11 is 0. The van der Waals surface area contributed by atoms with Crippen molar-refractivity contribution in [3.63, 3.8) is 0 Å². The molecule has 0 atom stereocenters. The van der Waals surface area contributed by atoms with Gasteiger partial charge in [-0.2, -0.15) is 0 Å². The molecule has 0 saturated carbocycles. The van der Waals surface area contributed by atoms with E-state index in [0.717, 1.165) is 31.1 Å². The summed E-state index contributed by atoms with van der Waals surface area (Å²) in [5.41, 5.74) is 6.50. The van der Waals surface area contributed by atoms with E-state index < -0.39 is 0 Å². The molecule has 2 N–H and O–H groups in total. The fourth-order valence-corrected chi connectivity index (χ4v) is 1.64. The van der Waals surface area contributed by atoms with Crippen LogP contribution in [0.15, 0.2) is 24.8 Å². The van der Waals surface area contributed by atoms with Crippen LogP contribution >= 0.6 is 0 Å². The highest BCUT2D eigenvalue weighted by Gasteiger charge is 2.26. The average Bonchev–Trinajstić information content (AvgIpc) is 2.17. The summed E-state index contributed by atoms with van der Waals surface area (Å²) in [4.78, 5) is 6.69. The Balaban J connectivity index is 2.07. The Morgan fingerprint density at radius 3 is 3.00 bits per heavy atom. The lowest BCUT2D eigenvalue weighted by atomic mass is 10.0. The molecule has 1 aromatic heterocycles. The number of rotatable bonds is 3. The zero-order valence-electron chi connectivity index (χ0n) is 8.19. The molecule has 3 nitrogen and oxygen atoms in total. The maximum absolute atomic E-state index is 5.57. The van der Waals surface area contributed by atoms with Gasteiger partial charge in [-0.15, -0.1) is 0 Å². The van der Waals surface area contributed by atoms with Gasteiger partial charge in [-0.1, -0.05) is 12.6 Å². The molecule has 74 valence electrons. The molecule has 0 aliphatic carbocycles. The lowest BCUT2D eigenvalue weighted by Crippen LogP contribution is -2.50. The van der Waals surface area contributed by atoms with E-state index in [1.165, 1.54) is 0 Å². The van der Waals surface area contributed by atoms with Crippen LogP contribution in [0.25, 0.3) is 6.08 Å². The van der Waals surface area contributed by atoms with Gasteiger partial charge in [0.2, 0.25) is 0 Å². The first-order valence-electron chi connectivity index (χ1n) is 4.88. The molecule has 0 spiro atoms. The van der Waals surface area contributed by atoms with Crippen molar-refractivity contribution in [2.45, 2.75) is 0 Å². The Morgan fingerprint density at radius 1 is 1.57 bits per heavy atom. The second kappa shape index (κ2) is 3.80. The standard InChI is InChI=1S/C11H15N3/c1-2-10-4-3-5-11(13-10)14-7-9(6-12)8-14/h2-5,9H,1,6-8,12H2. The van der Waals surface area contributed by atoms with Gasteiger partial charge < -0.3 is 10.6 Å². The molecular formula is C11H15N3. The molecule has 3 heteroatoms. The van der Waals surface area contributed by atoms with Crippen molar-refractivity contribution in [2.24, 2.45) is 11.7 Å². The highest BCUT2D eigenvalue weighted by molar-refractivity contribution is 5.49. The molecule has 2 heterocycles. The van der Waals surface area contributed by atoms with E-state index in [-0.39, 0.29) is 0 Å². The third-order valence-electron chi connectivity index (χ3n) is 2.58. The van der Waals surface area contributed by atoms with Crippen molar-refractivity contribution in [3.8, 4) is 0 Å². The van der Waals surface area contributed by atoms with E-state index in [9.17, 15) is 0 Å². The number of anilines is 1. The Morgan fingerprint density at radius 2 is 2.36 bits per heavy atom. The van der Waals surface area contributed by atoms with Crippen LogP contribution < -0.4 is 10.6 Å². The summed E-state index contributed by atoms with van der Waals surface area (Å²) in [6.07, 6.45) is 1.77. The highest BCUT2D eigenvalue weighted by atomic mass is 15.2. The van der Waals surface area contributed by atoms with E-state index in [1.807, 2.05) is 18.2 Å². The SMILES string of the molecule is C=Cc1cccc(N2CC(CN)C2)n1. The summed E-state index contributed by atoms with van der Waals surface area (Å²) in [6.45, 7) is 6.54. The fraction of sp³-hybridized carbons (Fsp3) is 0.364. The fourth-order valence-electron chi connectivity index (χ4n) is 1.64. The van der Waals surface area contributed by atoms with Gasteiger partial charge in [0.15, 0.2) is 0 Å². The lowest BCUT2D eigenvalue weighted by molar-refractivity contribution is 0.417. The van der Waals surface area contributed by atoms with Crippen molar-refractivity contribution < 1.29 is 0 Å². The zero-order chi connectivity index (χ0) is 9.97. The second-order valence-corrected chi connectivity index (χ2v) is 3.63. The minimum Gasteiger partial charge on any atom is -0.356 e. The van der Waals surface area contributed by atoms with E-state index in [2.05, 4.69) is 16.5 Å². The van der Waals surface area contributed by atoms with Crippen LogP contribution in [-0.4, -0.2) is 24.6 Å². The Kier molecular flexibility index (Phi) is 2.50. The van der Waals surface area contributed by atoms with Crippen LogP contribution in [0.5, 0.6) is 0 Å². The molecule has 0 radical (unpaired) electrons. The zero-order valence-corrected chi connectivity index (χ0v) is 8.19. The number of nitrogens with zero attached hydrogens (tertiary/aromatic N) is 2. The Labute approximate surface area is 84.2 Å². The smallest absolute Gasteiger partial charge is 0.129 e. The Hall–Kier alpha value is -1.35. The van der Waals surface area contributed by atoms with E-state index in [1.54, 1.807) is 6.08 Å². The normalized spacial score (nSPS) is 16.5. The summed E-state index contributed by atoms with van der Waals surface area (Å²) in [6, 6.07) is 5.99. The predicted octanol–water partition coefficient (Wildman–Crippen LogP) is 1.12. The summed E-state index contributed by atoms with van der Waals surface area (Å²) in [5, 5.41) is 0. The first kappa shape index (κ1) is 9.21. The summed E-state index contributed by atoms with van der Waals surface area (Å²) in [7, 11) is 0. The minimum atomic E-state index is 0.643. The van der Waals surface area contributed by atoms with Crippen LogP contribution in [0.1, 0.15) is 5.69 Å².